The van der Waals surface area contributed by atoms with E-state index in [2.05, 4.69) is 4.74 Å². The molecule has 0 aliphatic carbocycles. The maximum Gasteiger partial charge on any atom is 0.330 e. The van der Waals surface area contributed by atoms with Crippen LogP contribution in [0.1, 0.15) is 5.56 Å². The minimum atomic E-state index is -0.370. The Morgan fingerprint density at radius 1 is 1.27 bits per heavy atom. The number of rotatable bonds is 4. The molecule has 15 heavy (non-hydrogen) atoms. The third-order valence-electron chi connectivity index (χ3n) is 1.94. The Balaban J connectivity index is 2.93. The van der Waals surface area contributed by atoms with E-state index in [1.165, 1.54) is 13.2 Å². The van der Waals surface area contributed by atoms with Gasteiger partial charge in [-0.15, -0.1) is 0 Å². The molecule has 0 aliphatic heterocycles. The molecule has 1 rings (SSSR count). The van der Waals surface area contributed by atoms with Crippen molar-refractivity contribution in [2.24, 2.45) is 0 Å². The molecule has 0 saturated carbocycles. The molecule has 0 fully saturated rings. The highest BCUT2D eigenvalue weighted by molar-refractivity contribution is 5.91. The van der Waals surface area contributed by atoms with Crippen LogP contribution in [0.25, 0.3) is 5.57 Å². The van der Waals surface area contributed by atoms with Gasteiger partial charge in [0.2, 0.25) is 0 Å². The number of carbonyl (C=O) groups is 1. The number of esters is 1. The van der Waals surface area contributed by atoms with Crippen molar-refractivity contribution >= 4 is 11.5 Å². The van der Waals surface area contributed by atoms with Crippen LogP contribution < -0.4 is 0 Å². The van der Waals surface area contributed by atoms with Crippen molar-refractivity contribution in [3.8, 4) is 0 Å². The molecule has 3 heteroatoms. The summed E-state index contributed by atoms with van der Waals surface area (Å²) in [4.78, 5) is 11.1. The van der Waals surface area contributed by atoms with E-state index in [1.807, 2.05) is 30.3 Å². The standard InChI is InChI=1S/C12H14O3/c1-14-9-11(8-12(13)15-2)10-6-4-3-5-7-10/h3-8H,9H2,1-2H3/b11-8+. The van der Waals surface area contributed by atoms with E-state index >= 15 is 0 Å². The van der Waals surface area contributed by atoms with Gasteiger partial charge in [0, 0.05) is 13.2 Å². The molecule has 0 heterocycles. The zero-order valence-electron chi connectivity index (χ0n) is 8.90. The Morgan fingerprint density at radius 3 is 2.47 bits per heavy atom. The normalized spacial score (nSPS) is 11.2. The number of hydrogen-bond acceptors (Lipinski definition) is 3. The second-order valence-electron chi connectivity index (χ2n) is 2.99. The Hall–Kier alpha value is -1.61. The van der Waals surface area contributed by atoms with E-state index in [-0.39, 0.29) is 5.97 Å². The van der Waals surface area contributed by atoms with Gasteiger partial charge in [-0.25, -0.2) is 4.79 Å². The third-order valence-corrected chi connectivity index (χ3v) is 1.94. The van der Waals surface area contributed by atoms with Gasteiger partial charge in [0.05, 0.1) is 13.7 Å². The average molecular weight is 206 g/mol. The van der Waals surface area contributed by atoms with Crippen LogP contribution in [-0.4, -0.2) is 26.8 Å². The van der Waals surface area contributed by atoms with Gasteiger partial charge in [-0.05, 0) is 11.1 Å². The third kappa shape index (κ3) is 3.56. The monoisotopic (exact) mass is 206 g/mol. The number of methoxy groups -OCH3 is 2. The lowest BCUT2D eigenvalue weighted by molar-refractivity contribution is -0.134. The van der Waals surface area contributed by atoms with Crippen molar-refractivity contribution in [1.29, 1.82) is 0 Å². The first kappa shape index (κ1) is 11.5. The predicted molar refractivity (Wildman–Crippen MR) is 58.3 cm³/mol. The molecule has 0 spiro atoms. The van der Waals surface area contributed by atoms with Gasteiger partial charge in [0.25, 0.3) is 0 Å². The molecular weight excluding hydrogens is 192 g/mol. The zero-order chi connectivity index (χ0) is 11.1. The summed E-state index contributed by atoms with van der Waals surface area (Å²) in [6.45, 7) is 0.388. The van der Waals surface area contributed by atoms with Crippen molar-refractivity contribution in [2.75, 3.05) is 20.8 Å². The molecule has 80 valence electrons. The fourth-order valence-electron chi connectivity index (χ4n) is 1.22. The average Bonchev–Trinajstić information content (AvgIpc) is 2.29. The van der Waals surface area contributed by atoms with Gasteiger partial charge in [-0.3, -0.25) is 0 Å². The van der Waals surface area contributed by atoms with Crippen molar-refractivity contribution in [3.63, 3.8) is 0 Å². The lowest BCUT2D eigenvalue weighted by atomic mass is 10.1. The lowest BCUT2D eigenvalue weighted by Crippen LogP contribution is -2.01. The largest absolute Gasteiger partial charge is 0.466 e. The molecule has 3 nitrogen and oxygen atoms in total. The molecule has 0 aliphatic rings. The molecule has 0 unspecified atom stereocenters. The van der Waals surface area contributed by atoms with E-state index in [0.717, 1.165) is 11.1 Å². The molecule has 0 N–H and O–H groups in total. The van der Waals surface area contributed by atoms with Crippen molar-refractivity contribution in [2.45, 2.75) is 0 Å². The summed E-state index contributed by atoms with van der Waals surface area (Å²) < 4.78 is 9.61. The first-order valence-corrected chi connectivity index (χ1v) is 4.61. The summed E-state index contributed by atoms with van der Waals surface area (Å²) in [5.74, 6) is -0.370. The quantitative estimate of drug-likeness (QED) is 0.557. The van der Waals surface area contributed by atoms with Crippen LogP contribution in [0.3, 0.4) is 0 Å². The molecule has 0 atom stereocenters. The maximum atomic E-state index is 11.1. The van der Waals surface area contributed by atoms with Crippen LogP contribution in [0.4, 0.5) is 0 Å². The summed E-state index contributed by atoms with van der Waals surface area (Å²) in [6.07, 6.45) is 1.44. The summed E-state index contributed by atoms with van der Waals surface area (Å²) >= 11 is 0. The van der Waals surface area contributed by atoms with Gasteiger partial charge in [0.15, 0.2) is 0 Å². The Labute approximate surface area is 89.3 Å². The Kier molecular flexibility index (Phi) is 4.57. The molecule has 0 bridgehead atoms. The molecule has 1 aromatic carbocycles. The van der Waals surface area contributed by atoms with Gasteiger partial charge >= 0.3 is 5.97 Å². The molecule has 1 aromatic rings. The fraction of sp³-hybridized carbons (Fsp3) is 0.250. The van der Waals surface area contributed by atoms with Crippen LogP contribution in [0, 0.1) is 0 Å². The molecule has 0 radical (unpaired) electrons. The number of ether oxygens (including phenoxy) is 2. The van der Waals surface area contributed by atoms with E-state index in [9.17, 15) is 4.79 Å². The van der Waals surface area contributed by atoms with Crippen LogP contribution in [0.2, 0.25) is 0 Å². The molecular formula is C12H14O3. The van der Waals surface area contributed by atoms with Crippen molar-refractivity contribution in [1.82, 2.24) is 0 Å². The summed E-state index contributed by atoms with van der Waals surface area (Å²) in [6, 6.07) is 9.60. The van der Waals surface area contributed by atoms with Gasteiger partial charge < -0.3 is 9.47 Å². The lowest BCUT2D eigenvalue weighted by Gasteiger charge is -2.05. The maximum absolute atomic E-state index is 11.1. The predicted octanol–water partition coefficient (Wildman–Crippen LogP) is 1.89. The topological polar surface area (TPSA) is 35.5 Å². The van der Waals surface area contributed by atoms with Crippen LogP contribution in [0.15, 0.2) is 36.4 Å². The second-order valence-corrected chi connectivity index (χ2v) is 2.99. The van der Waals surface area contributed by atoms with E-state index < -0.39 is 0 Å². The van der Waals surface area contributed by atoms with E-state index in [4.69, 9.17) is 4.74 Å². The van der Waals surface area contributed by atoms with Gasteiger partial charge in [-0.2, -0.15) is 0 Å². The van der Waals surface area contributed by atoms with Crippen LogP contribution in [-0.2, 0) is 14.3 Å². The van der Waals surface area contributed by atoms with E-state index in [1.54, 1.807) is 7.11 Å². The minimum absolute atomic E-state index is 0.370. The summed E-state index contributed by atoms with van der Waals surface area (Å²) in [5, 5.41) is 0. The highest BCUT2D eigenvalue weighted by Crippen LogP contribution is 2.14. The highest BCUT2D eigenvalue weighted by Gasteiger charge is 2.03. The second kappa shape index (κ2) is 5.98. The number of benzene rings is 1. The number of carbonyl (C=O) groups excluding carboxylic acids is 1. The first-order valence-electron chi connectivity index (χ1n) is 4.61. The SMILES string of the molecule is COC/C(=C\C(=O)OC)c1ccccc1. The summed E-state index contributed by atoms with van der Waals surface area (Å²) in [5.41, 5.74) is 1.77. The first-order chi connectivity index (χ1) is 7.27. The molecule has 0 aromatic heterocycles. The summed E-state index contributed by atoms with van der Waals surface area (Å²) in [7, 11) is 2.95. The molecule has 0 amide bonds. The Morgan fingerprint density at radius 2 is 1.93 bits per heavy atom. The molecule has 0 saturated heterocycles. The van der Waals surface area contributed by atoms with Crippen molar-refractivity contribution < 1.29 is 14.3 Å². The smallest absolute Gasteiger partial charge is 0.330 e. The van der Waals surface area contributed by atoms with E-state index in [0.29, 0.717) is 6.61 Å². The fourth-order valence-corrected chi connectivity index (χ4v) is 1.22. The zero-order valence-corrected chi connectivity index (χ0v) is 8.90. The van der Waals surface area contributed by atoms with Crippen molar-refractivity contribution in [3.05, 3.63) is 42.0 Å². The van der Waals surface area contributed by atoms with Gasteiger partial charge in [-0.1, -0.05) is 30.3 Å². The van der Waals surface area contributed by atoms with Gasteiger partial charge in [0.1, 0.15) is 0 Å². The number of hydrogen-bond donors (Lipinski definition) is 0. The minimum Gasteiger partial charge on any atom is -0.466 e. The Bertz CT molecular complexity index is 341. The van der Waals surface area contributed by atoms with Crippen LogP contribution >= 0.6 is 0 Å². The van der Waals surface area contributed by atoms with Crippen LogP contribution in [0.5, 0.6) is 0 Å². The highest BCUT2D eigenvalue weighted by atomic mass is 16.5.